The van der Waals surface area contributed by atoms with Crippen LogP contribution in [0.4, 0.5) is 0 Å². The van der Waals surface area contributed by atoms with Gasteiger partial charge in [-0.3, -0.25) is 4.79 Å². The molecule has 120 valence electrons. The second kappa shape index (κ2) is 6.82. The third-order valence-electron chi connectivity index (χ3n) is 4.27. The minimum absolute atomic E-state index is 0.0531. The number of hydrogen-bond donors (Lipinski definition) is 1. The Morgan fingerprint density at radius 3 is 2.74 bits per heavy atom. The molecule has 3 rings (SSSR count). The summed E-state index contributed by atoms with van der Waals surface area (Å²) in [5, 5.41) is 3.09. The van der Waals surface area contributed by atoms with Gasteiger partial charge in [-0.05, 0) is 37.3 Å². The molecule has 3 unspecified atom stereocenters. The van der Waals surface area contributed by atoms with Gasteiger partial charge in [0.05, 0.1) is 12.6 Å². The van der Waals surface area contributed by atoms with Crippen molar-refractivity contribution in [3.05, 3.63) is 59.8 Å². The third-order valence-corrected chi connectivity index (χ3v) is 4.27. The van der Waals surface area contributed by atoms with Crippen LogP contribution >= 0.6 is 0 Å². The predicted molar refractivity (Wildman–Crippen MR) is 89.3 cm³/mol. The molecule has 0 spiro atoms. The molecule has 4 heteroatoms. The maximum absolute atomic E-state index is 12.4. The lowest BCUT2D eigenvalue weighted by Gasteiger charge is -2.14. The zero-order valence-electron chi connectivity index (χ0n) is 13.5. The second-order valence-corrected chi connectivity index (χ2v) is 5.95. The Labute approximate surface area is 136 Å². The van der Waals surface area contributed by atoms with Gasteiger partial charge in [-0.15, -0.1) is 0 Å². The smallest absolute Gasteiger partial charge is 0.224 e. The van der Waals surface area contributed by atoms with Crippen molar-refractivity contribution in [2.75, 3.05) is 6.61 Å². The lowest BCUT2D eigenvalue weighted by Crippen LogP contribution is -2.28. The molecule has 1 aromatic carbocycles. The molecule has 3 atom stereocenters. The molecule has 1 aliphatic rings. The largest absolute Gasteiger partial charge is 0.478 e. The lowest BCUT2D eigenvalue weighted by molar-refractivity contribution is -0.123. The zero-order valence-corrected chi connectivity index (χ0v) is 13.5. The van der Waals surface area contributed by atoms with Crippen molar-refractivity contribution in [3.8, 4) is 5.88 Å². The topological polar surface area (TPSA) is 51.2 Å². The van der Waals surface area contributed by atoms with Gasteiger partial charge in [0, 0.05) is 18.2 Å². The van der Waals surface area contributed by atoms with Crippen molar-refractivity contribution in [1.29, 1.82) is 0 Å². The van der Waals surface area contributed by atoms with Crippen molar-refractivity contribution in [3.63, 3.8) is 0 Å². The highest BCUT2D eigenvalue weighted by Gasteiger charge is 2.44. The summed E-state index contributed by atoms with van der Waals surface area (Å²) in [5.74, 6) is 1.19. The zero-order chi connectivity index (χ0) is 16.2. The van der Waals surface area contributed by atoms with E-state index in [0.29, 0.717) is 18.4 Å². The lowest BCUT2D eigenvalue weighted by atomic mass is 10.1. The fourth-order valence-electron chi connectivity index (χ4n) is 2.84. The highest BCUT2D eigenvalue weighted by Crippen LogP contribution is 2.47. The third kappa shape index (κ3) is 3.70. The van der Waals surface area contributed by atoms with Gasteiger partial charge in [-0.1, -0.05) is 36.4 Å². The molecule has 23 heavy (non-hydrogen) atoms. The predicted octanol–water partition coefficient (Wildman–Crippen LogP) is 3.46. The molecule has 1 fully saturated rings. The van der Waals surface area contributed by atoms with Crippen molar-refractivity contribution in [2.45, 2.75) is 32.2 Å². The quantitative estimate of drug-likeness (QED) is 0.889. The van der Waals surface area contributed by atoms with Gasteiger partial charge in [-0.2, -0.15) is 0 Å². The van der Waals surface area contributed by atoms with Crippen LogP contribution in [0, 0.1) is 5.92 Å². The molecular weight excluding hydrogens is 288 g/mol. The van der Waals surface area contributed by atoms with Gasteiger partial charge < -0.3 is 10.1 Å². The Hall–Kier alpha value is -2.36. The van der Waals surface area contributed by atoms with Crippen molar-refractivity contribution in [1.82, 2.24) is 10.3 Å². The van der Waals surface area contributed by atoms with Gasteiger partial charge in [0.15, 0.2) is 0 Å². The van der Waals surface area contributed by atoms with E-state index >= 15 is 0 Å². The van der Waals surface area contributed by atoms with Gasteiger partial charge in [0.2, 0.25) is 11.8 Å². The molecule has 1 aromatic heterocycles. The number of rotatable bonds is 6. The minimum Gasteiger partial charge on any atom is -0.478 e. The number of aromatic nitrogens is 1. The minimum atomic E-state index is -0.0531. The molecular formula is C19H22N2O2. The van der Waals surface area contributed by atoms with Crippen LogP contribution in [0.25, 0.3) is 0 Å². The van der Waals surface area contributed by atoms with E-state index in [-0.39, 0.29) is 17.9 Å². The summed E-state index contributed by atoms with van der Waals surface area (Å²) in [6.45, 7) is 4.51. The Bertz CT molecular complexity index is 655. The van der Waals surface area contributed by atoms with Crippen molar-refractivity contribution in [2.24, 2.45) is 5.92 Å². The normalized spacial score (nSPS) is 20.6. The second-order valence-electron chi connectivity index (χ2n) is 5.95. The number of nitrogens with zero attached hydrogens (tertiary/aromatic N) is 1. The van der Waals surface area contributed by atoms with E-state index in [1.54, 1.807) is 6.20 Å². The number of benzene rings is 1. The number of ether oxygens (including phenoxy) is 1. The van der Waals surface area contributed by atoms with E-state index in [0.717, 1.165) is 12.0 Å². The standard InChI is InChI=1S/C19H22N2O2/c1-3-23-18-10-9-15(12-20-18)13(2)21-19(22)17-11-16(17)14-7-5-4-6-8-14/h4-10,12-13,16-17H,3,11H2,1-2H3,(H,21,22). The number of amides is 1. The molecule has 1 amide bonds. The SMILES string of the molecule is CCOc1ccc(C(C)NC(=O)C2CC2c2ccccc2)cn1. The Kier molecular flexibility index (Phi) is 4.60. The number of carbonyl (C=O) groups excluding carboxylic acids is 1. The van der Waals surface area contributed by atoms with Gasteiger partial charge in [0.25, 0.3) is 0 Å². The Morgan fingerprint density at radius 1 is 1.30 bits per heavy atom. The van der Waals surface area contributed by atoms with Gasteiger partial charge >= 0.3 is 0 Å². The molecule has 1 aliphatic carbocycles. The highest BCUT2D eigenvalue weighted by atomic mass is 16.5. The average Bonchev–Trinajstić information content (AvgIpc) is 3.37. The van der Waals surface area contributed by atoms with Crippen molar-refractivity contribution < 1.29 is 9.53 Å². The van der Waals surface area contributed by atoms with Gasteiger partial charge in [0.1, 0.15) is 0 Å². The number of carbonyl (C=O) groups is 1. The first-order valence-electron chi connectivity index (χ1n) is 8.13. The molecule has 0 aliphatic heterocycles. The summed E-state index contributed by atoms with van der Waals surface area (Å²) < 4.78 is 5.33. The van der Waals surface area contributed by atoms with Crippen LogP contribution in [0.2, 0.25) is 0 Å². The number of nitrogens with one attached hydrogen (secondary N) is 1. The molecule has 0 saturated heterocycles. The summed E-state index contributed by atoms with van der Waals surface area (Å²) in [5.41, 5.74) is 2.24. The van der Waals surface area contributed by atoms with Crippen LogP contribution in [-0.2, 0) is 4.79 Å². The first-order chi connectivity index (χ1) is 11.2. The van der Waals surface area contributed by atoms with E-state index in [1.165, 1.54) is 5.56 Å². The Balaban J connectivity index is 1.56. The Morgan fingerprint density at radius 2 is 2.09 bits per heavy atom. The summed E-state index contributed by atoms with van der Waals surface area (Å²) in [6.07, 6.45) is 2.70. The molecule has 1 heterocycles. The van der Waals surface area contributed by atoms with Gasteiger partial charge in [-0.25, -0.2) is 4.98 Å². The van der Waals surface area contributed by atoms with Crippen LogP contribution in [0.3, 0.4) is 0 Å². The van der Waals surface area contributed by atoms with Crippen LogP contribution < -0.4 is 10.1 Å². The first-order valence-corrected chi connectivity index (χ1v) is 8.13. The molecule has 1 saturated carbocycles. The fourth-order valence-corrected chi connectivity index (χ4v) is 2.84. The van der Waals surface area contributed by atoms with E-state index < -0.39 is 0 Å². The van der Waals surface area contributed by atoms with E-state index in [2.05, 4.69) is 22.4 Å². The summed E-state index contributed by atoms with van der Waals surface area (Å²) in [4.78, 5) is 16.6. The maximum atomic E-state index is 12.4. The monoisotopic (exact) mass is 310 g/mol. The molecule has 1 N–H and O–H groups in total. The van der Waals surface area contributed by atoms with E-state index in [4.69, 9.17) is 4.74 Å². The fraction of sp³-hybridized carbons (Fsp3) is 0.368. The molecule has 0 bridgehead atoms. The van der Waals surface area contributed by atoms with E-state index in [1.807, 2.05) is 44.2 Å². The number of hydrogen-bond acceptors (Lipinski definition) is 3. The van der Waals surface area contributed by atoms with Crippen LogP contribution in [0.1, 0.15) is 43.4 Å². The molecule has 4 nitrogen and oxygen atoms in total. The first kappa shape index (κ1) is 15.5. The summed E-state index contributed by atoms with van der Waals surface area (Å²) >= 11 is 0. The van der Waals surface area contributed by atoms with Crippen LogP contribution in [0.15, 0.2) is 48.7 Å². The van der Waals surface area contributed by atoms with E-state index in [9.17, 15) is 4.79 Å². The molecule has 0 radical (unpaired) electrons. The average molecular weight is 310 g/mol. The summed E-state index contributed by atoms with van der Waals surface area (Å²) in [6, 6.07) is 14.0. The highest BCUT2D eigenvalue weighted by molar-refractivity contribution is 5.83. The maximum Gasteiger partial charge on any atom is 0.224 e. The van der Waals surface area contributed by atoms with Crippen LogP contribution in [0.5, 0.6) is 5.88 Å². The van der Waals surface area contributed by atoms with Crippen molar-refractivity contribution >= 4 is 5.91 Å². The van der Waals surface area contributed by atoms with Crippen LogP contribution in [-0.4, -0.2) is 17.5 Å². The molecule has 2 aromatic rings. The number of pyridine rings is 1. The summed E-state index contributed by atoms with van der Waals surface area (Å²) in [7, 11) is 0.